The zero-order chi connectivity index (χ0) is 12.3. The molecule has 0 bridgehead atoms. The Labute approximate surface area is 114 Å². The maximum atomic E-state index is 4.46. The molecule has 3 nitrogen and oxygen atoms in total. The summed E-state index contributed by atoms with van der Waals surface area (Å²) in [5.41, 5.74) is 1.04. The Hall–Kier alpha value is -0.940. The summed E-state index contributed by atoms with van der Waals surface area (Å²) in [6.45, 7) is 5.27. The van der Waals surface area contributed by atoms with Crippen molar-refractivity contribution in [1.82, 2.24) is 9.36 Å². The second-order valence-electron chi connectivity index (χ2n) is 4.20. The lowest BCUT2D eigenvalue weighted by Crippen LogP contribution is -2.07. The first-order chi connectivity index (χ1) is 8.15. The third-order valence-corrected chi connectivity index (χ3v) is 3.39. The molecule has 0 unspecified atom stereocenters. The van der Waals surface area contributed by atoms with Crippen LogP contribution in [0.25, 0.3) is 11.4 Å². The van der Waals surface area contributed by atoms with Crippen molar-refractivity contribution in [3.8, 4) is 11.4 Å². The van der Waals surface area contributed by atoms with Crippen LogP contribution in [0.4, 0.5) is 5.13 Å². The van der Waals surface area contributed by atoms with E-state index in [1.54, 1.807) is 0 Å². The van der Waals surface area contributed by atoms with Crippen molar-refractivity contribution in [2.24, 2.45) is 5.92 Å². The lowest BCUT2D eigenvalue weighted by Gasteiger charge is -2.03. The summed E-state index contributed by atoms with van der Waals surface area (Å²) in [7, 11) is 0. The Morgan fingerprint density at radius 2 is 2.00 bits per heavy atom. The van der Waals surface area contributed by atoms with Crippen molar-refractivity contribution in [1.29, 1.82) is 0 Å². The van der Waals surface area contributed by atoms with Gasteiger partial charge in [-0.1, -0.05) is 41.9 Å². The molecule has 0 spiro atoms. The quantitative estimate of drug-likeness (QED) is 0.926. The van der Waals surface area contributed by atoms with Crippen molar-refractivity contribution in [3.05, 3.63) is 28.7 Å². The molecule has 5 heteroatoms. The van der Waals surface area contributed by atoms with Gasteiger partial charge in [0.15, 0.2) is 5.82 Å². The highest BCUT2D eigenvalue weighted by Crippen LogP contribution is 2.22. The highest BCUT2D eigenvalue weighted by Gasteiger charge is 2.06. The van der Waals surface area contributed by atoms with Gasteiger partial charge in [0.25, 0.3) is 0 Å². The van der Waals surface area contributed by atoms with Crippen LogP contribution in [-0.2, 0) is 0 Å². The molecule has 0 aliphatic heterocycles. The number of halogens is 1. The molecule has 0 amide bonds. The molecular weight excluding hydrogens is 298 g/mol. The van der Waals surface area contributed by atoms with E-state index in [0.717, 1.165) is 27.5 Å². The second-order valence-corrected chi connectivity index (χ2v) is 5.87. The third-order valence-electron chi connectivity index (χ3n) is 2.19. The van der Waals surface area contributed by atoms with Gasteiger partial charge >= 0.3 is 0 Å². The molecule has 2 rings (SSSR count). The fourth-order valence-corrected chi connectivity index (χ4v) is 2.16. The van der Waals surface area contributed by atoms with E-state index in [-0.39, 0.29) is 0 Å². The first-order valence-corrected chi connectivity index (χ1v) is 7.05. The zero-order valence-corrected chi connectivity index (χ0v) is 12.2. The van der Waals surface area contributed by atoms with Crippen LogP contribution >= 0.6 is 27.5 Å². The molecule has 0 radical (unpaired) electrons. The SMILES string of the molecule is CC(C)CNc1nc(-c2ccc(Br)cc2)ns1. The van der Waals surface area contributed by atoms with Crippen molar-refractivity contribution in [2.45, 2.75) is 13.8 Å². The van der Waals surface area contributed by atoms with Gasteiger partial charge < -0.3 is 5.32 Å². The topological polar surface area (TPSA) is 37.8 Å². The van der Waals surface area contributed by atoms with Crippen molar-refractivity contribution in [3.63, 3.8) is 0 Å². The Morgan fingerprint density at radius 3 is 2.65 bits per heavy atom. The smallest absolute Gasteiger partial charge is 0.202 e. The summed E-state index contributed by atoms with van der Waals surface area (Å²) in [4.78, 5) is 4.46. The largest absolute Gasteiger partial charge is 0.360 e. The van der Waals surface area contributed by atoms with Gasteiger partial charge in [-0.25, -0.2) is 0 Å². The molecule has 0 saturated heterocycles. The van der Waals surface area contributed by atoms with E-state index >= 15 is 0 Å². The van der Waals surface area contributed by atoms with Gasteiger partial charge in [-0.3, -0.25) is 0 Å². The van der Waals surface area contributed by atoms with Crippen LogP contribution in [0, 0.1) is 5.92 Å². The molecule has 17 heavy (non-hydrogen) atoms. The number of hydrogen-bond acceptors (Lipinski definition) is 4. The molecule has 1 heterocycles. The van der Waals surface area contributed by atoms with Gasteiger partial charge in [0.2, 0.25) is 5.13 Å². The molecule has 0 aliphatic rings. The van der Waals surface area contributed by atoms with E-state index in [1.165, 1.54) is 11.5 Å². The van der Waals surface area contributed by atoms with Gasteiger partial charge in [-0.15, -0.1) is 0 Å². The van der Waals surface area contributed by atoms with Crippen LogP contribution in [0.2, 0.25) is 0 Å². The van der Waals surface area contributed by atoms with E-state index in [9.17, 15) is 0 Å². The minimum absolute atomic E-state index is 0.607. The highest BCUT2D eigenvalue weighted by atomic mass is 79.9. The standard InChI is InChI=1S/C12H14BrN3S/c1-8(2)7-14-12-15-11(16-17-12)9-3-5-10(13)6-4-9/h3-6,8H,7H2,1-2H3,(H,14,15,16). The second kappa shape index (κ2) is 5.60. The van der Waals surface area contributed by atoms with E-state index in [0.29, 0.717) is 5.92 Å². The molecular formula is C12H14BrN3S. The average Bonchev–Trinajstić information content (AvgIpc) is 2.76. The fraction of sp³-hybridized carbons (Fsp3) is 0.333. The third kappa shape index (κ3) is 3.51. The van der Waals surface area contributed by atoms with Gasteiger partial charge in [-0.05, 0) is 18.1 Å². The predicted octanol–water partition coefficient (Wildman–Crippen LogP) is 4.04. The van der Waals surface area contributed by atoms with Crippen molar-refractivity contribution < 1.29 is 0 Å². The van der Waals surface area contributed by atoms with E-state index < -0.39 is 0 Å². The van der Waals surface area contributed by atoms with Gasteiger partial charge in [-0.2, -0.15) is 9.36 Å². The van der Waals surface area contributed by atoms with Crippen LogP contribution in [-0.4, -0.2) is 15.9 Å². The monoisotopic (exact) mass is 311 g/mol. The highest BCUT2D eigenvalue weighted by molar-refractivity contribution is 9.10. The van der Waals surface area contributed by atoms with Crippen LogP contribution in [0.15, 0.2) is 28.7 Å². The van der Waals surface area contributed by atoms with E-state index in [1.807, 2.05) is 24.3 Å². The number of hydrogen-bond donors (Lipinski definition) is 1. The average molecular weight is 312 g/mol. The van der Waals surface area contributed by atoms with Gasteiger partial charge in [0, 0.05) is 28.1 Å². The Bertz CT molecular complexity index is 479. The van der Waals surface area contributed by atoms with Crippen molar-refractivity contribution >= 4 is 32.6 Å². The molecule has 1 aromatic heterocycles. The maximum absolute atomic E-state index is 4.46. The van der Waals surface area contributed by atoms with E-state index in [2.05, 4.69) is 44.5 Å². The number of rotatable bonds is 4. The number of anilines is 1. The molecule has 0 fully saturated rings. The summed E-state index contributed by atoms with van der Waals surface area (Å²) in [6, 6.07) is 8.02. The van der Waals surface area contributed by atoms with Crippen LogP contribution < -0.4 is 5.32 Å². The number of aromatic nitrogens is 2. The minimum atomic E-state index is 0.607. The van der Waals surface area contributed by atoms with Gasteiger partial charge in [0.1, 0.15) is 0 Å². The summed E-state index contributed by atoms with van der Waals surface area (Å²) in [5, 5.41) is 4.17. The molecule has 0 atom stereocenters. The summed E-state index contributed by atoms with van der Waals surface area (Å²) >= 11 is 4.82. The van der Waals surface area contributed by atoms with Gasteiger partial charge in [0.05, 0.1) is 0 Å². The normalized spacial score (nSPS) is 10.8. The molecule has 1 N–H and O–H groups in total. The first-order valence-electron chi connectivity index (χ1n) is 5.48. The molecule has 0 aliphatic carbocycles. The Morgan fingerprint density at radius 1 is 1.29 bits per heavy atom. The van der Waals surface area contributed by atoms with Crippen LogP contribution in [0.1, 0.15) is 13.8 Å². The lowest BCUT2D eigenvalue weighted by atomic mass is 10.2. The lowest BCUT2D eigenvalue weighted by molar-refractivity contribution is 0.688. The molecule has 0 saturated carbocycles. The van der Waals surface area contributed by atoms with E-state index in [4.69, 9.17) is 0 Å². The number of nitrogens with one attached hydrogen (secondary N) is 1. The zero-order valence-electron chi connectivity index (χ0n) is 9.77. The maximum Gasteiger partial charge on any atom is 0.202 e. The van der Waals surface area contributed by atoms with Crippen LogP contribution in [0.5, 0.6) is 0 Å². The Kier molecular flexibility index (Phi) is 4.12. The molecule has 2 aromatic rings. The summed E-state index contributed by atoms with van der Waals surface area (Å²) < 4.78 is 5.41. The first kappa shape index (κ1) is 12.5. The molecule has 90 valence electrons. The summed E-state index contributed by atoms with van der Waals surface area (Å²) in [6.07, 6.45) is 0. The number of nitrogens with zero attached hydrogens (tertiary/aromatic N) is 2. The fourth-order valence-electron chi connectivity index (χ4n) is 1.30. The van der Waals surface area contributed by atoms with Crippen LogP contribution in [0.3, 0.4) is 0 Å². The molecule has 1 aromatic carbocycles. The van der Waals surface area contributed by atoms with Crippen molar-refractivity contribution in [2.75, 3.05) is 11.9 Å². The Balaban J connectivity index is 2.10. The minimum Gasteiger partial charge on any atom is -0.360 e. The number of benzene rings is 1. The predicted molar refractivity (Wildman–Crippen MR) is 76.4 cm³/mol. The summed E-state index contributed by atoms with van der Waals surface area (Å²) in [5.74, 6) is 1.39.